The van der Waals surface area contributed by atoms with Crippen molar-refractivity contribution in [1.29, 1.82) is 0 Å². The van der Waals surface area contributed by atoms with Gasteiger partial charge in [0.2, 0.25) is 5.91 Å². The molecule has 0 saturated heterocycles. The highest BCUT2D eigenvalue weighted by atomic mass is 16.3. The summed E-state index contributed by atoms with van der Waals surface area (Å²) in [6.07, 6.45) is 0.968. The van der Waals surface area contributed by atoms with Crippen molar-refractivity contribution in [2.75, 3.05) is 5.32 Å². The summed E-state index contributed by atoms with van der Waals surface area (Å²) in [7, 11) is 0. The van der Waals surface area contributed by atoms with Gasteiger partial charge in [0.05, 0.1) is 0 Å². The monoisotopic (exact) mass is 270 g/mol. The summed E-state index contributed by atoms with van der Waals surface area (Å²) < 4.78 is 5.43. The van der Waals surface area contributed by atoms with Crippen LogP contribution in [0.3, 0.4) is 0 Å². The first kappa shape index (κ1) is 12.4. The van der Waals surface area contributed by atoms with Crippen molar-refractivity contribution in [3.63, 3.8) is 0 Å². The Morgan fingerprint density at radius 1 is 1.25 bits per heavy atom. The highest BCUT2D eigenvalue weighted by Crippen LogP contribution is 2.15. The van der Waals surface area contributed by atoms with Crippen LogP contribution in [0, 0.1) is 6.92 Å². The number of aryl methyl sites for hydroxylation is 2. The lowest BCUT2D eigenvalue weighted by molar-refractivity contribution is -0.116. The van der Waals surface area contributed by atoms with Crippen LogP contribution in [0.4, 0.5) is 5.69 Å². The van der Waals surface area contributed by atoms with Gasteiger partial charge in [-0.1, -0.05) is 0 Å². The summed E-state index contributed by atoms with van der Waals surface area (Å²) >= 11 is 0. The lowest BCUT2D eigenvalue weighted by Crippen LogP contribution is -2.12. The predicted octanol–water partition coefficient (Wildman–Crippen LogP) is 2.43. The predicted molar refractivity (Wildman–Crippen MR) is 74.3 cm³/mol. The van der Waals surface area contributed by atoms with Gasteiger partial charge in [0.15, 0.2) is 0 Å². The number of fused-ring (bicyclic) bond motifs is 1. The summed E-state index contributed by atoms with van der Waals surface area (Å²) in [5.41, 5.74) is 2.21. The fourth-order valence-electron chi connectivity index (χ4n) is 2.00. The molecule has 0 radical (unpaired) electrons. The van der Waals surface area contributed by atoms with E-state index in [1.807, 2.05) is 25.1 Å². The smallest absolute Gasteiger partial charge is 0.224 e. The van der Waals surface area contributed by atoms with Crippen LogP contribution in [0.1, 0.15) is 17.9 Å². The number of nitrogens with one attached hydrogen (secondary N) is 2. The van der Waals surface area contributed by atoms with Crippen molar-refractivity contribution in [2.45, 2.75) is 19.8 Å². The van der Waals surface area contributed by atoms with Crippen molar-refractivity contribution >= 4 is 22.6 Å². The lowest BCUT2D eigenvalue weighted by Gasteiger charge is -2.04. The maximum Gasteiger partial charge on any atom is 0.224 e. The minimum absolute atomic E-state index is 0.0538. The zero-order chi connectivity index (χ0) is 13.9. The number of hydrogen-bond acceptors (Lipinski definition) is 4. The van der Waals surface area contributed by atoms with Crippen LogP contribution in [0.5, 0.6) is 0 Å². The first-order valence-corrected chi connectivity index (χ1v) is 6.36. The van der Waals surface area contributed by atoms with E-state index in [4.69, 9.17) is 4.42 Å². The van der Waals surface area contributed by atoms with Gasteiger partial charge in [0.25, 0.3) is 0 Å². The van der Waals surface area contributed by atoms with E-state index in [0.717, 1.165) is 22.6 Å². The molecule has 1 amide bonds. The van der Waals surface area contributed by atoms with Crippen LogP contribution < -0.4 is 5.32 Å². The van der Waals surface area contributed by atoms with E-state index < -0.39 is 0 Å². The normalized spacial score (nSPS) is 10.8. The molecule has 0 aliphatic rings. The maximum absolute atomic E-state index is 11.9. The number of furan rings is 1. The van der Waals surface area contributed by atoms with E-state index in [2.05, 4.69) is 20.7 Å². The first-order chi connectivity index (χ1) is 9.70. The van der Waals surface area contributed by atoms with Crippen LogP contribution in [-0.4, -0.2) is 21.3 Å². The molecular formula is C14H14N4O2. The number of rotatable bonds is 4. The quantitative estimate of drug-likeness (QED) is 0.762. The summed E-state index contributed by atoms with van der Waals surface area (Å²) in [6, 6.07) is 9.19. The molecule has 0 saturated carbocycles. The molecule has 0 aliphatic carbocycles. The molecule has 0 fully saturated rings. The van der Waals surface area contributed by atoms with Crippen molar-refractivity contribution < 1.29 is 9.21 Å². The number of nitrogens with zero attached hydrogens (tertiary/aromatic N) is 2. The Morgan fingerprint density at radius 3 is 2.90 bits per heavy atom. The van der Waals surface area contributed by atoms with E-state index in [0.29, 0.717) is 18.5 Å². The van der Waals surface area contributed by atoms with Crippen LogP contribution in [-0.2, 0) is 11.2 Å². The number of hydrogen-bond donors (Lipinski definition) is 2. The molecule has 0 spiro atoms. The third kappa shape index (κ3) is 2.69. The second-order valence-corrected chi connectivity index (χ2v) is 4.59. The maximum atomic E-state index is 11.9. The number of H-pyrrole nitrogens is 1. The Hall–Kier alpha value is -2.63. The number of aromatic nitrogens is 3. The summed E-state index contributed by atoms with van der Waals surface area (Å²) in [4.78, 5) is 11.9. The minimum Gasteiger partial charge on any atom is -0.466 e. The largest absolute Gasteiger partial charge is 0.466 e. The number of amides is 1. The highest BCUT2D eigenvalue weighted by molar-refractivity contribution is 5.92. The van der Waals surface area contributed by atoms with Gasteiger partial charge in [-0.15, -0.1) is 0 Å². The van der Waals surface area contributed by atoms with Gasteiger partial charge < -0.3 is 9.73 Å². The molecule has 102 valence electrons. The molecule has 0 bridgehead atoms. The number of carbonyl (C=O) groups excluding carboxylic acids is 1. The average molecular weight is 270 g/mol. The average Bonchev–Trinajstić information content (AvgIpc) is 3.04. The van der Waals surface area contributed by atoms with Gasteiger partial charge in [-0.05, 0) is 37.3 Å². The van der Waals surface area contributed by atoms with Gasteiger partial charge in [-0.25, -0.2) is 0 Å². The molecule has 3 aromatic rings. The van der Waals surface area contributed by atoms with Crippen molar-refractivity contribution in [1.82, 2.24) is 15.4 Å². The Kier molecular flexibility index (Phi) is 3.20. The Balaban J connectivity index is 1.60. The SMILES string of the molecule is Cc1ccc(CCC(=O)Nc2ccc3n[nH]nc3c2)o1. The van der Waals surface area contributed by atoms with Crippen molar-refractivity contribution in [3.8, 4) is 0 Å². The van der Waals surface area contributed by atoms with Gasteiger partial charge in [-0.2, -0.15) is 15.4 Å². The van der Waals surface area contributed by atoms with Gasteiger partial charge >= 0.3 is 0 Å². The zero-order valence-corrected chi connectivity index (χ0v) is 11.0. The molecule has 0 atom stereocenters. The fraction of sp³-hybridized carbons (Fsp3) is 0.214. The fourth-order valence-corrected chi connectivity index (χ4v) is 2.00. The molecular weight excluding hydrogens is 256 g/mol. The van der Waals surface area contributed by atoms with Crippen LogP contribution in [0.2, 0.25) is 0 Å². The van der Waals surface area contributed by atoms with Crippen LogP contribution in [0.15, 0.2) is 34.7 Å². The zero-order valence-electron chi connectivity index (χ0n) is 11.0. The third-order valence-corrected chi connectivity index (χ3v) is 2.99. The van der Waals surface area contributed by atoms with E-state index in [-0.39, 0.29) is 5.91 Å². The molecule has 3 rings (SSSR count). The molecule has 1 aromatic carbocycles. The van der Waals surface area contributed by atoms with E-state index in [1.165, 1.54) is 0 Å². The Bertz CT molecular complexity index is 744. The lowest BCUT2D eigenvalue weighted by atomic mass is 10.2. The van der Waals surface area contributed by atoms with E-state index in [1.54, 1.807) is 12.1 Å². The number of carbonyl (C=O) groups is 1. The third-order valence-electron chi connectivity index (χ3n) is 2.99. The second kappa shape index (κ2) is 5.16. The molecule has 6 nitrogen and oxygen atoms in total. The Labute approximate surface area is 115 Å². The van der Waals surface area contributed by atoms with Crippen LogP contribution >= 0.6 is 0 Å². The minimum atomic E-state index is -0.0538. The van der Waals surface area contributed by atoms with Gasteiger partial charge in [-0.3, -0.25) is 4.79 Å². The van der Waals surface area contributed by atoms with Gasteiger partial charge in [0, 0.05) is 18.5 Å². The summed E-state index contributed by atoms with van der Waals surface area (Å²) in [5.74, 6) is 1.63. The number of benzene rings is 1. The first-order valence-electron chi connectivity index (χ1n) is 6.36. The van der Waals surface area contributed by atoms with Gasteiger partial charge in [0.1, 0.15) is 22.6 Å². The molecule has 2 aromatic heterocycles. The molecule has 6 heteroatoms. The summed E-state index contributed by atoms with van der Waals surface area (Å²) in [5, 5.41) is 13.3. The standard InChI is InChI=1S/C14H14N4O2/c1-9-2-4-11(20-9)5-7-14(19)15-10-3-6-12-13(8-10)17-18-16-12/h2-4,6,8H,5,7H2,1H3,(H,15,19)(H,16,17,18). The highest BCUT2D eigenvalue weighted by Gasteiger charge is 2.07. The number of anilines is 1. The van der Waals surface area contributed by atoms with E-state index >= 15 is 0 Å². The van der Waals surface area contributed by atoms with Crippen molar-refractivity contribution in [3.05, 3.63) is 41.9 Å². The second-order valence-electron chi connectivity index (χ2n) is 4.59. The Morgan fingerprint density at radius 2 is 2.10 bits per heavy atom. The topological polar surface area (TPSA) is 83.8 Å². The molecule has 0 aliphatic heterocycles. The van der Waals surface area contributed by atoms with Crippen LogP contribution in [0.25, 0.3) is 11.0 Å². The van der Waals surface area contributed by atoms with E-state index in [9.17, 15) is 4.79 Å². The molecule has 20 heavy (non-hydrogen) atoms. The molecule has 2 N–H and O–H groups in total. The molecule has 0 unspecified atom stereocenters. The summed E-state index contributed by atoms with van der Waals surface area (Å²) in [6.45, 7) is 1.89. The molecule has 2 heterocycles. The van der Waals surface area contributed by atoms with Crippen molar-refractivity contribution in [2.24, 2.45) is 0 Å². The number of aromatic amines is 1.